The maximum absolute atomic E-state index is 12.4. The summed E-state index contributed by atoms with van der Waals surface area (Å²) in [6.45, 7) is 1.64. The van der Waals surface area contributed by atoms with Crippen molar-refractivity contribution in [3.05, 3.63) is 44.6 Å². The Morgan fingerprint density at radius 3 is 2.76 bits per heavy atom. The zero-order valence-corrected chi connectivity index (χ0v) is 16.0. The summed E-state index contributed by atoms with van der Waals surface area (Å²) in [6, 6.07) is 4.29. The van der Waals surface area contributed by atoms with Gasteiger partial charge in [-0.15, -0.1) is 0 Å². The Morgan fingerprint density at radius 1 is 1.44 bits per heavy atom. The standard InChI is InChI=1S/C16H17BrClF2N3O2/c1-9-14(18)10(2)23(22-9)7-3-6-21-15(24)12-8-11(17)4-5-13(12)25-16(19)20/h4-5,8,16H,3,6-7H2,1-2H3,(H,21,24). The van der Waals surface area contributed by atoms with E-state index in [1.54, 1.807) is 4.68 Å². The van der Waals surface area contributed by atoms with Gasteiger partial charge in [0.2, 0.25) is 0 Å². The normalized spacial score (nSPS) is 11.0. The summed E-state index contributed by atoms with van der Waals surface area (Å²) in [7, 11) is 0. The predicted octanol–water partition coefficient (Wildman–Crippen LogP) is 4.34. The molecule has 0 saturated carbocycles. The van der Waals surface area contributed by atoms with Crippen LogP contribution < -0.4 is 10.1 Å². The molecule has 2 rings (SSSR count). The van der Waals surface area contributed by atoms with Crippen LogP contribution in [0.15, 0.2) is 22.7 Å². The summed E-state index contributed by atoms with van der Waals surface area (Å²) in [5.41, 5.74) is 1.67. The van der Waals surface area contributed by atoms with Crippen molar-refractivity contribution in [1.82, 2.24) is 15.1 Å². The van der Waals surface area contributed by atoms with Gasteiger partial charge >= 0.3 is 6.61 Å². The summed E-state index contributed by atoms with van der Waals surface area (Å²) in [4.78, 5) is 12.2. The number of halogens is 4. The van der Waals surface area contributed by atoms with Crippen LogP contribution in [0.5, 0.6) is 5.75 Å². The van der Waals surface area contributed by atoms with Crippen LogP contribution in [0.25, 0.3) is 0 Å². The van der Waals surface area contributed by atoms with Crippen LogP contribution in [0.4, 0.5) is 8.78 Å². The van der Waals surface area contributed by atoms with E-state index < -0.39 is 12.5 Å². The van der Waals surface area contributed by atoms with Gasteiger partial charge < -0.3 is 10.1 Å². The number of hydrogen-bond acceptors (Lipinski definition) is 3. The van der Waals surface area contributed by atoms with Gasteiger partial charge in [0.25, 0.3) is 5.91 Å². The Hall–Kier alpha value is -1.67. The molecule has 5 nitrogen and oxygen atoms in total. The Labute approximate surface area is 157 Å². The number of hydrogen-bond donors (Lipinski definition) is 1. The number of carbonyl (C=O) groups excluding carboxylic acids is 1. The van der Waals surface area contributed by atoms with Crippen molar-refractivity contribution < 1.29 is 18.3 Å². The average Bonchev–Trinajstić information content (AvgIpc) is 2.79. The minimum atomic E-state index is -3.00. The van der Waals surface area contributed by atoms with Crippen molar-refractivity contribution in [2.75, 3.05) is 6.54 Å². The number of nitrogens with zero attached hydrogens (tertiary/aromatic N) is 2. The Morgan fingerprint density at radius 2 is 2.16 bits per heavy atom. The first-order chi connectivity index (χ1) is 11.8. The molecule has 0 radical (unpaired) electrons. The largest absolute Gasteiger partial charge is 0.434 e. The van der Waals surface area contributed by atoms with E-state index in [0.717, 1.165) is 11.4 Å². The summed E-state index contributed by atoms with van der Waals surface area (Å²) >= 11 is 9.30. The smallest absolute Gasteiger partial charge is 0.387 e. The van der Waals surface area contributed by atoms with Crippen LogP contribution in [0, 0.1) is 13.8 Å². The Bertz CT molecular complexity index is 768. The molecule has 0 aliphatic heterocycles. The molecule has 1 aromatic carbocycles. The lowest BCUT2D eigenvalue weighted by molar-refractivity contribution is -0.0501. The van der Waals surface area contributed by atoms with Gasteiger partial charge in [-0.3, -0.25) is 9.48 Å². The van der Waals surface area contributed by atoms with E-state index in [1.807, 2.05) is 13.8 Å². The number of ether oxygens (including phenoxy) is 1. The summed E-state index contributed by atoms with van der Waals surface area (Å²) in [6.07, 6.45) is 0.614. The zero-order chi connectivity index (χ0) is 18.6. The predicted molar refractivity (Wildman–Crippen MR) is 94.4 cm³/mol. The summed E-state index contributed by atoms with van der Waals surface area (Å²) in [5, 5.41) is 7.63. The van der Waals surface area contributed by atoms with Gasteiger partial charge in [0.15, 0.2) is 0 Å². The van der Waals surface area contributed by atoms with Crippen molar-refractivity contribution in [1.29, 1.82) is 0 Å². The topological polar surface area (TPSA) is 56.2 Å². The van der Waals surface area contributed by atoms with E-state index in [0.29, 0.717) is 29.0 Å². The van der Waals surface area contributed by atoms with E-state index in [4.69, 9.17) is 11.6 Å². The number of benzene rings is 1. The second kappa shape index (κ2) is 8.62. The number of carbonyl (C=O) groups is 1. The van der Waals surface area contributed by atoms with Gasteiger partial charge in [-0.2, -0.15) is 13.9 Å². The number of amides is 1. The molecular formula is C16H17BrClF2N3O2. The van der Waals surface area contributed by atoms with Gasteiger partial charge in [0.1, 0.15) is 5.75 Å². The van der Waals surface area contributed by atoms with E-state index in [-0.39, 0.29) is 11.3 Å². The van der Waals surface area contributed by atoms with Gasteiger partial charge in [-0.1, -0.05) is 27.5 Å². The minimum absolute atomic E-state index is 0.0452. The highest BCUT2D eigenvalue weighted by atomic mass is 79.9. The number of rotatable bonds is 7. The van der Waals surface area contributed by atoms with Crippen molar-refractivity contribution in [3.63, 3.8) is 0 Å². The van der Waals surface area contributed by atoms with E-state index >= 15 is 0 Å². The van der Waals surface area contributed by atoms with Gasteiger partial charge in [-0.05, 0) is 38.5 Å². The van der Waals surface area contributed by atoms with Crippen molar-refractivity contribution >= 4 is 33.4 Å². The van der Waals surface area contributed by atoms with E-state index in [9.17, 15) is 13.6 Å². The minimum Gasteiger partial charge on any atom is -0.434 e. The molecule has 2 aromatic rings. The highest BCUT2D eigenvalue weighted by Gasteiger charge is 2.16. The molecule has 25 heavy (non-hydrogen) atoms. The zero-order valence-electron chi connectivity index (χ0n) is 13.7. The van der Waals surface area contributed by atoms with Gasteiger partial charge in [0, 0.05) is 17.6 Å². The fourth-order valence-corrected chi connectivity index (χ4v) is 2.79. The number of aryl methyl sites for hydroxylation is 2. The fraction of sp³-hybridized carbons (Fsp3) is 0.375. The lowest BCUT2D eigenvalue weighted by atomic mass is 10.2. The molecule has 0 bridgehead atoms. The second-order valence-electron chi connectivity index (χ2n) is 5.34. The molecule has 0 fully saturated rings. The maximum atomic E-state index is 12.4. The third-order valence-corrected chi connectivity index (χ3v) is 4.57. The molecule has 0 saturated heterocycles. The second-order valence-corrected chi connectivity index (χ2v) is 6.63. The molecule has 1 aromatic heterocycles. The Kier molecular flexibility index (Phi) is 6.78. The lowest BCUT2D eigenvalue weighted by Gasteiger charge is -2.12. The van der Waals surface area contributed by atoms with Gasteiger partial charge in [-0.25, -0.2) is 0 Å². The number of nitrogens with one attached hydrogen (secondary N) is 1. The molecule has 136 valence electrons. The lowest BCUT2D eigenvalue weighted by Crippen LogP contribution is -2.26. The van der Waals surface area contributed by atoms with Crippen LogP contribution in [0.1, 0.15) is 28.2 Å². The quantitative estimate of drug-likeness (QED) is 0.657. The summed E-state index contributed by atoms with van der Waals surface area (Å²) in [5.74, 6) is -0.649. The third-order valence-electron chi connectivity index (χ3n) is 3.53. The maximum Gasteiger partial charge on any atom is 0.387 e. The number of aromatic nitrogens is 2. The summed E-state index contributed by atoms with van der Waals surface area (Å²) < 4.78 is 31.6. The highest BCUT2D eigenvalue weighted by molar-refractivity contribution is 9.10. The number of alkyl halides is 2. The fourth-order valence-electron chi connectivity index (χ4n) is 2.30. The molecule has 1 N–H and O–H groups in total. The van der Waals surface area contributed by atoms with E-state index in [1.165, 1.54) is 18.2 Å². The van der Waals surface area contributed by atoms with Crippen molar-refractivity contribution in [2.24, 2.45) is 0 Å². The van der Waals surface area contributed by atoms with E-state index in [2.05, 4.69) is 31.1 Å². The van der Waals surface area contributed by atoms with Crippen LogP contribution in [0.2, 0.25) is 5.02 Å². The van der Waals surface area contributed by atoms with Crippen molar-refractivity contribution in [2.45, 2.75) is 33.4 Å². The molecule has 1 heterocycles. The van der Waals surface area contributed by atoms with Crippen LogP contribution in [0.3, 0.4) is 0 Å². The van der Waals surface area contributed by atoms with Crippen LogP contribution in [-0.4, -0.2) is 28.8 Å². The molecule has 0 atom stereocenters. The first-order valence-electron chi connectivity index (χ1n) is 7.51. The molecule has 0 spiro atoms. The highest BCUT2D eigenvalue weighted by Crippen LogP contribution is 2.25. The molecule has 9 heteroatoms. The van der Waals surface area contributed by atoms with Crippen molar-refractivity contribution in [3.8, 4) is 5.75 Å². The van der Waals surface area contributed by atoms with Crippen LogP contribution >= 0.6 is 27.5 Å². The first kappa shape index (κ1) is 19.7. The molecule has 0 aliphatic rings. The average molecular weight is 437 g/mol. The molecular weight excluding hydrogens is 420 g/mol. The Balaban J connectivity index is 1.94. The van der Waals surface area contributed by atoms with Gasteiger partial charge in [0.05, 0.1) is 22.0 Å². The molecule has 0 unspecified atom stereocenters. The van der Waals surface area contributed by atoms with Crippen LogP contribution in [-0.2, 0) is 6.54 Å². The first-order valence-corrected chi connectivity index (χ1v) is 8.68. The molecule has 1 amide bonds. The molecule has 0 aliphatic carbocycles. The monoisotopic (exact) mass is 435 g/mol. The third kappa shape index (κ3) is 5.15. The SMILES string of the molecule is Cc1nn(CCCNC(=O)c2cc(Br)ccc2OC(F)F)c(C)c1Cl.